The zero-order valence-electron chi connectivity index (χ0n) is 8.16. The summed E-state index contributed by atoms with van der Waals surface area (Å²) in [5.74, 6) is -6.16. The van der Waals surface area contributed by atoms with E-state index in [0.29, 0.717) is 0 Å². The number of aliphatic hydroxyl groups excluding tert-OH is 1. The second-order valence-corrected chi connectivity index (χ2v) is 3.93. The molecule has 0 spiro atoms. The minimum absolute atomic E-state index is 0.0490. The molecule has 0 aromatic carbocycles. The third-order valence-corrected chi connectivity index (χ3v) is 2.43. The summed E-state index contributed by atoms with van der Waals surface area (Å²) in [6.07, 6.45) is -1.83. The molecule has 0 amide bonds. The molecule has 1 unspecified atom stereocenters. The van der Waals surface area contributed by atoms with Gasteiger partial charge in [0.15, 0.2) is 5.11 Å². The lowest BCUT2D eigenvalue weighted by molar-refractivity contribution is -0.360. The molecule has 1 aliphatic carbocycles. The van der Waals surface area contributed by atoms with Crippen molar-refractivity contribution >= 4 is 23.0 Å². The molecule has 0 radical (unpaired) electrons. The first-order chi connectivity index (χ1) is 7.19. The number of hydrogen-bond acceptors (Lipinski definition) is 7. The van der Waals surface area contributed by atoms with Gasteiger partial charge in [0, 0.05) is 0 Å². The van der Waals surface area contributed by atoms with Crippen molar-refractivity contribution in [3.63, 3.8) is 0 Å². The molecule has 0 aromatic heterocycles. The topological polar surface area (TPSA) is 152 Å². The Morgan fingerprint density at radius 3 is 2.50 bits per heavy atom. The Labute approximate surface area is 96.0 Å². The predicted molar refractivity (Wildman–Crippen MR) is 56.9 cm³/mol. The van der Waals surface area contributed by atoms with Crippen molar-refractivity contribution in [2.24, 2.45) is 10.8 Å². The van der Waals surface area contributed by atoms with E-state index in [4.69, 9.17) is 5.73 Å². The van der Waals surface area contributed by atoms with Crippen LogP contribution in [0.1, 0.15) is 12.8 Å². The number of hydrazone groups is 1. The Kier molecular flexibility index (Phi) is 3.47. The summed E-state index contributed by atoms with van der Waals surface area (Å²) in [6.45, 7) is 0. The van der Waals surface area contributed by atoms with Crippen LogP contribution in [0.15, 0.2) is 5.10 Å². The normalized spacial score (nSPS) is 30.1. The van der Waals surface area contributed by atoms with Crippen molar-refractivity contribution in [3.8, 4) is 0 Å². The highest BCUT2D eigenvalue weighted by Gasteiger charge is 2.58. The smallest absolute Gasteiger partial charge is 0.263 e. The SMILES string of the molecule is NC(=S)N/N=C1\CCC(O)C(O)(O)C1(O)O. The van der Waals surface area contributed by atoms with Gasteiger partial charge < -0.3 is 31.3 Å². The number of thiocarbonyl (C=S) groups is 1. The molecular weight excluding hydrogens is 238 g/mol. The van der Waals surface area contributed by atoms with Gasteiger partial charge in [0.05, 0.1) is 0 Å². The molecule has 16 heavy (non-hydrogen) atoms. The zero-order chi connectivity index (χ0) is 12.6. The number of nitrogens with zero attached hydrogens (tertiary/aromatic N) is 1. The molecule has 1 aliphatic rings. The van der Waals surface area contributed by atoms with E-state index in [1.54, 1.807) is 0 Å². The molecule has 8 N–H and O–H groups in total. The van der Waals surface area contributed by atoms with E-state index >= 15 is 0 Å². The quantitative estimate of drug-likeness (QED) is 0.145. The Morgan fingerprint density at radius 1 is 1.44 bits per heavy atom. The van der Waals surface area contributed by atoms with Gasteiger partial charge >= 0.3 is 0 Å². The highest BCUT2D eigenvalue weighted by atomic mass is 32.1. The number of nitrogens with one attached hydrogen (secondary N) is 1. The molecule has 0 aliphatic heterocycles. The largest absolute Gasteiger partial charge is 0.387 e. The number of aliphatic hydroxyl groups is 5. The summed E-state index contributed by atoms with van der Waals surface area (Å²) in [5.41, 5.74) is 6.79. The van der Waals surface area contributed by atoms with Crippen LogP contribution in [-0.4, -0.2) is 54.0 Å². The summed E-state index contributed by atoms with van der Waals surface area (Å²) in [4.78, 5) is 0. The van der Waals surface area contributed by atoms with Crippen LogP contribution in [0.3, 0.4) is 0 Å². The molecule has 1 rings (SSSR count). The van der Waals surface area contributed by atoms with E-state index in [1.807, 2.05) is 0 Å². The molecule has 0 aromatic rings. The highest BCUT2D eigenvalue weighted by molar-refractivity contribution is 7.80. The fraction of sp³-hybridized carbons (Fsp3) is 0.714. The van der Waals surface area contributed by atoms with Crippen LogP contribution in [-0.2, 0) is 0 Å². The van der Waals surface area contributed by atoms with Crippen molar-refractivity contribution < 1.29 is 25.5 Å². The minimum Gasteiger partial charge on any atom is -0.387 e. The fourth-order valence-corrected chi connectivity index (χ4v) is 1.40. The first-order valence-electron chi connectivity index (χ1n) is 4.39. The van der Waals surface area contributed by atoms with E-state index in [-0.39, 0.29) is 23.7 Å². The van der Waals surface area contributed by atoms with Crippen LogP contribution in [0, 0.1) is 0 Å². The minimum atomic E-state index is -3.10. The lowest BCUT2D eigenvalue weighted by Gasteiger charge is -2.42. The number of hydrogen-bond donors (Lipinski definition) is 7. The second-order valence-electron chi connectivity index (χ2n) is 3.49. The van der Waals surface area contributed by atoms with Gasteiger partial charge in [-0.2, -0.15) is 5.10 Å². The maximum atomic E-state index is 9.49. The third-order valence-electron chi connectivity index (χ3n) is 2.34. The van der Waals surface area contributed by atoms with E-state index in [2.05, 4.69) is 22.7 Å². The third kappa shape index (κ3) is 2.14. The zero-order valence-corrected chi connectivity index (χ0v) is 8.98. The van der Waals surface area contributed by atoms with Gasteiger partial charge in [-0.1, -0.05) is 0 Å². The Morgan fingerprint density at radius 2 is 2.00 bits per heavy atom. The van der Waals surface area contributed by atoms with Gasteiger partial charge in [-0.05, 0) is 25.1 Å². The van der Waals surface area contributed by atoms with E-state index in [1.165, 1.54) is 0 Å². The summed E-state index contributed by atoms with van der Waals surface area (Å²) >= 11 is 4.44. The van der Waals surface area contributed by atoms with Crippen molar-refractivity contribution in [3.05, 3.63) is 0 Å². The lowest BCUT2D eigenvalue weighted by atomic mass is 9.84. The number of rotatable bonds is 1. The van der Waals surface area contributed by atoms with Crippen molar-refractivity contribution in [1.29, 1.82) is 0 Å². The van der Waals surface area contributed by atoms with Crippen LogP contribution in [0.2, 0.25) is 0 Å². The van der Waals surface area contributed by atoms with E-state index in [9.17, 15) is 25.5 Å². The highest BCUT2D eigenvalue weighted by Crippen LogP contribution is 2.31. The van der Waals surface area contributed by atoms with Crippen molar-refractivity contribution in [1.82, 2.24) is 5.43 Å². The maximum Gasteiger partial charge on any atom is 0.263 e. The van der Waals surface area contributed by atoms with Crippen molar-refractivity contribution in [2.75, 3.05) is 0 Å². The summed E-state index contributed by atoms with van der Waals surface area (Å²) in [5, 5.41) is 50.1. The van der Waals surface area contributed by atoms with Gasteiger partial charge in [0.25, 0.3) is 11.6 Å². The summed E-state index contributed by atoms with van der Waals surface area (Å²) in [7, 11) is 0. The monoisotopic (exact) mass is 251 g/mol. The molecular formula is C7H13N3O5S. The molecule has 0 heterocycles. The fourth-order valence-electron chi connectivity index (χ4n) is 1.35. The van der Waals surface area contributed by atoms with Crippen LogP contribution in [0.4, 0.5) is 0 Å². The van der Waals surface area contributed by atoms with E-state index < -0.39 is 17.7 Å². The Bertz CT molecular complexity index is 330. The first-order valence-corrected chi connectivity index (χ1v) is 4.80. The molecule has 1 atom stereocenters. The van der Waals surface area contributed by atoms with Gasteiger partial charge in [0.2, 0.25) is 0 Å². The summed E-state index contributed by atoms with van der Waals surface area (Å²) in [6, 6.07) is 0. The molecule has 0 bridgehead atoms. The van der Waals surface area contributed by atoms with Gasteiger partial charge in [-0.15, -0.1) is 0 Å². The molecule has 92 valence electrons. The first kappa shape index (κ1) is 13.2. The van der Waals surface area contributed by atoms with Crippen LogP contribution in [0.25, 0.3) is 0 Å². The predicted octanol–water partition coefficient (Wildman–Crippen LogP) is -3.31. The van der Waals surface area contributed by atoms with Crippen LogP contribution in [0.5, 0.6) is 0 Å². The van der Waals surface area contributed by atoms with Gasteiger partial charge in [-0.25, -0.2) is 0 Å². The molecule has 1 saturated carbocycles. The van der Waals surface area contributed by atoms with Gasteiger partial charge in [0.1, 0.15) is 11.8 Å². The average Bonchev–Trinajstić information content (AvgIpc) is 2.14. The van der Waals surface area contributed by atoms with Crippen molar-refractivity contribution in [2.45, 2.75) is 30.5 Å². The molecule has 1 fully saturated rings. The summed E-state index contributed by atoms with van der Waals surface area (Å²) < 4.78 is 0. The lowest BCUT2D eigenvalue weighted by Crippen LogP contribution is -2.68. The Hall–Kier alpha value is -0.840. The molecule has 0 saturated heterocycles. The Balaban J connectivity index is 2.97. The molecule has 9 heteroatoms. The second kappa shape index (κ2) is 4.20. The molecule has 8 nitrogen and oxygen atoms in total. The average molecular weight is 251 g/mol. The number of nitrogens with two attached hydrogens (primary N) is 1. The van der Waals surface area contributed by atoms with Gasteiger partial charge in [-0.3, -0.25) is 5.43 Å². The van der Waals surface area contributed by atoms with Crippen LogP contribution < -0.4 is 11.2 Å². The van der Waals surface area contributed by atoms with Crippen LogP contribution >= 0.6 is 12.2 Å². The standard InChI is InChI=1S/C7H13N3O5S/c8-5(16)10-9-3-1-2-4(11)7(14,15)6(3,12)13/h4,11-15H,1-2H2,(H3,8,10,16)/b9-3+. The maximum absolute atomic E-state index is 9.49. The van der Waals surface area contributed by atoms with E-state index in [0.717, 1.165) is 0 Å².